The first-order valence-corrected chi connectivity index (χ1v) is 7.50. The highest BCUT2D eigenvalue weighted by Crippen LogP contribution is 2.43. The third-order valence-corrected chi connectivity index (χ3v) is 4.17. The maximum atomic E-state index is 6.19. The Hall–Kier alpha value is -2.04. The molecule has 22 heavy (non-hydrogen) atoms. The molecule has 0 N–H and O–H groups in total. The van der Waals surface area contributed by atoms with Crippen LogP contribution in [0.4, 0.5) is 0 Å². The zero-order valence-corrected chi connectivity index (χ0v) is 12.8. The minimum Gasteiger partial charge on any atom is -0.454 e. The zero-order chi connectivity index (χ0) is 15.1. The molecule has 0 aliphatic carbocycles. The highest BCUT2D eigenvalue weighted by Gasteiger charge is 2.26. The molecule has 0 aromatic heterocycles. The van der Waals surface area contributed by atoms with Crippen LogP contribution < -0.4 is 9.47 Å². The number of rotatable bonds is 2. The summed E-state index contributed by atoms with van der Waals surface area (Å²) in [7, 11) is 4.14. The first kappa shape index (κ1) is 13.6. The van der Waals surface area contributed by atoms with Gasteiger partial charge >= 0.3 is 0 Å². The highest BCUT2D eigenvalue weighted by atomic mass is 16.7. The van der Waals surface area contributed by atoms with Crippen molar-refractivity contribution in [2.45, 2.75) is 12.7 Å². The number of likely N-dealkylation sites (N-methyl/N-ethyl adjacent to an activating group) is 1. The van der Waals surface area contributed by atoms with Crippen molar-refractivity contribution < 1.29 is 14.2 Å². The molecule has 2 aromatic carbocycles. The Morgan fingerprint density at radius 1 is 1.05 bits per heavy atom. The van der Waals surface area contributed by atoms with Crippen molar-refractivity contribution in [3.05, 3.63) is 47.5 Å². The summed E-state index contributed by atoms with van der Waals surface area (Å²) in [4.78, 5) is 2.16. The van der Waals surface area contributed by atoms with E-state index in [2.05, 4.69) is 49.3 Å². The lowest BCUT2D eigenvalue weighted by Gasteiger charge is -2.21. The van der Waals surface area contributed by atoms with Gasteiger partial charge in [-0.3, -0.25) is 0 Å². The Balaban J connectivity index is 1.85. The number of hydrogen-bond acceptors (Lipinski definition) is 4. The average Bonchev–Trinajstić information content (AvgIpc) is 2.91. The van der Waals surface area contributed by atoms with E-state index in [0.29, 0.717) is 13.4 Å². The third kappa shape index (κ3) is 2.25. The Morgan fingerprint density at radius 3 is 2.64 bits per heavy atom. The summed E-state index contributed by atoms with van der Waals surface area (Å²) < 4.78 is 17.2. The molecule has 2 aromatic rings. The van der Waals surface area contributed by atoms with E-state index in [-0.39, 0.29) is 6.10 Å². The van der Waals surface area contributed by atoms with Gasteiger partial charge in [0, 0.05) is 6.54 Å². The van der Waals surface area contributed by atoms with Crippen LogP contribution in [0.2, 0.25) is 0 Å². The maximum Gasteiger partial charge on any atom is 0.231 e. The van der Waals surface area contributed by atoms with E-state index < -0.39 is 0 Å². The van der Waals surface area contributed by atoms with E-state index >= 15 is 0 Å². The summed E-state index contributed by atoms with van der Waals surface area (Å²) in [6, 6.07) is 12.6. The van der Waals surface area contributed by atoms with E-state index in [1.54, 1.807) is 0 Å². The van der Waals surface area contributed by atoms with Crippen molar-refractivity contribution in [2.24, 2.45) is 0 Å². The largest absolute Gasteiger partial charge is 0.454 e. The second-order valence-electron chi connectivity index (χ2n) is 6.01. The molecular weight excluding hydrogens is 278 g/mol. The van der Waals surface area contributed by atoms with Crippen LogP contribution in [-0.2, 0) is 11.3 Å². The fraction of sp³-hybridized carbons (Fsp3) is 0.333. The van der Waals surface area contributed by atoms with Gasteiger partial charge in [-0.05, 0) is 48.5 Å². The Kier molecular flexibility index (Phi) is 3.28. The van der Waals surface area contributed by atoms with Gasteiger partial charge in [0.1, 0.15) is 0 Å². The third-order valence-electron chi connectivity index (χ3n) is 4.17. The molecule has 0 unspecified atom stereocenters. The van der Waals surface area contributed by atoms with E-state index in [9.17, 15) is 0 Å². The molecular formula is C18H19NO3. The molecule has 0 spiro atoms. The van der Waals surface area contributed by atoms with Crippen molar-refractivity contribution in [2.75, 3.05) is 27.4 Å². The van der Waals surface area contributed by atoms with Crippen molar-refractivity contribution in [1.29, 1.82) is 0 Å². The molecule has 2 aliphatic heterocycles. The Labute approximate surface area is 130 Å². The lowest BCUT2D eigenvalue weighted by Crippen LogP contribution is -2.22. The molecule has 4 nitrogen and oxygen atoms in total. The fourth-order valence-electron chi connectivity index (χ4n) is 3.14. The molecule has 4 heteroatoms. The van der Waals surface area contributed by atoms with Crippen molar-refractivity contribution in [3.63, 3.8) is 0 Å². The monoisotopic (exact) mass is 297 g/mol. The van der Waals surface area contributed by atoms with Crippen LogP contribution in [0.5, 0.6) is 11.5 Å². The zero-order valence-electron chi connectivity index (χ0n) is 12.8. The van der Waals surface area contributed by atoms with Crippen LogP contribution in [0.1, 0.15) is 17.2 Å². The quantitative estimate of drug-likeness (QED) is 0.851. The molecule has 2 aliphatic rings. The van der Waals surface area contributed by atoms with Gasteiger partial charge in [0.05, 0.1) is 12.7 Å². The first-order valence-electron chi connectivity index (χ1n) is 7.50. The minimum absolute atomic E-state index is 0.0651. The molecule has 114 valence electrons. The van der Waals surface area contributed by atoms with Gasteiger partial charge in [0.2, 0.25) is 6.79 Å². The summed E-state index contributed by atoms with van der Waals surface area (Å²) in [5.41, 5.74) is 4.79. The standard InChI is InChI=1S/C18H19NO3/c1-19(2)9-18-14-6-4-3-5-13(14)15-8-17-16(21-11-22-17)7-12(15)10-20-18/h3-8,18H,9-11H2,1-2H3/t18-/m0/s1. The van der Waals surface area contributed by atoms with Gasteiger partial charge in [0.15, 0.2) is 11.5 Å². The van der Waals surface area contributed by atoms with E-state index in [1.165, 1.54) is 16.7 Å². The number of nitrogens with zero attached hydrogens (tertiary/aromatic N) is 1. The van der Waals surface area contributed by atoms with E-state index in [1.807, 2.05) is 6.07 Å². The smallest absolute Gasteiger partial charge is 0.231 e. The van der Waals surface area contributed by atoms with Gasteiger partial charge in [-0.2, -0.15) is 0 Å². The minimum atomic E-state index is 0.0651. The summed E-state index contributed by atoms with van der Waals surface area (Å²) >= 11 is 0. The summed E-state index contributed by atoms with van der Waals surface area (Å²) in [6.45, 7) is 1.74. The Morgan fingerprint density at radius 2 is 1.82 bits per heavy atom. The molecule has 0 bridgehead atoms. The average molecular weight is 297 g/mol. The molecule has 0 amide bonds. The number of hydrogen-bond donors (Lipinski definition) is 0. The number of benzene rings is 2. The van der Waals surface area contributed by atoms with Gasteiger partial charge in [0.25, 0.3) is 0 Å². The number of fused-ring (bicyclic) bond motifs is 4. The SMILES string of the molecule is CN(C)C[C@@H]1OCc2cc3c(cc2-c2ccccc21)OCO3. The van der Waals surface area contributed by atoms with Crippen LogP contribution in [0.25, 0.3) is 11.1 Å². The van der Waals surface area contributed by atoms with Gasteiger partial charge in [-0.1, -0.05) is 24.3 Å². The van der Waals surface area contributed by atoms with Crippen LogP contribution in [-0.4, -0.2) is 32.3 Å². The highest BCUT2D eigenvalue weighted by molar-refractivity contribution is 5.75. The molecule has 0 fully saturated rings. The lowest BCUT2D eigenvalue weighted by molar-refractivity contribution is 0.0252. The number of ether oxygens (including phenoxy) is 3. The van der Waals surface area contributed by atoms with Crippen molar-refractivity contribution >= 4 is 0 Å². The van der Waals surface area contributed by atoms with Crippen molar-refractivity contribution in [3.8, 4) is 22.6 Å². The van der Waals surface area contributed by atoms with E-state index in [4.69, 9.17) is 14.2 Å². The summed E-state index contributed by atoms with van der Waals surface area (Å²) in [5, 5.41) is 0. The van der Waals surface area contributed by atoms with Crippen molar-refractivity contribution in [1.82, 2.24) is 4.90 Å². The molecule has 2 heterocycles. The molecule has 0 saturated heterocycles. The maximum absolute atomic E-state index is 6.19. The normalized spacial score (nSPS) is 18.8. The second-order valence-corrected chi connectivity index (χ2v) is 6.01. The fourth-order valence-corrected chi connectivity index (χ4v) is 3.14. The molecule has 0 saturated carbocycles. The topological polar surface area (TPSA) is 30.9 Å². The van der Waals surface area contributed by atoms with Crippen LogP contribution in [0, 0.1) is 0 Å². The van der Waals surface area contributed by atoms with Crippen LogP contribution in [0.15, 0.2) is 36.4 Å². The molecule has 0 radical (unpaired) electrons. The van der Waals surface area contributed by atoms with Crippen LogP contribution >= 0.6 is 0 Å². The second kappa shape index (κ2) is 5.30. The van der Waals surface area contributed by atoms with Crippen LogP contribution in [0.3, 0.4) is 0 Å². The predicted molar refractivity (Wildman–Crippen MR) is 84.1 cm³/mol. The first-order chi connectivity index (χ1) is 10.7. The van der Waals surface area contributed by atoms with E-state index in [0.717, 1.165) is 23.6 Å². The van der Waals surface area contributed by atoms with Gasteiger partial charge in [-0.25, -0.2) is 0 Å². The molecule has 4 rings (SSSR count). The van der Waals surface area contributed by atoms with Gasteiger partial charge in [-0.15, -0.1) is 0 Å². The summed E-state index contributed by atoms with van der Waals surface area (Å²) in [5.74, 6) is 1.63. The Bertz CT molecular complexity index is 711. The predicted octanol–water partition coefficient (Wildman–Crippen LogP) is 3.22. The summed E-state index contributed by atoms with van der Waals surface area (Å²) in [6.07, 6.45) is 0.0651. The molecule has 1 atom stereocenters. The van der Waals surface area contributed by atoms with Gasteiger partial charge < -0.3 is 19.1 Å². The lowest BCUT2D eigenvalue weighted by atomic mass is 9.94.